The van der Waals surface area contributed by atoms with Crippen LogP contribution in [0.25, 0.3) is 0 Å². The molecule has 0 saturated carbocycles. The summed E-state index contributed by atoms with van der Waals surface area (Å²) >= 11 is 7.54. The summed E-state index contributed by atoms with van der Waals surface area (Å²) in [5.74, 6) is 1.24. The van der Waals surface area contributed by atoms with Gasteiger partial charge in [-0.25, -0.2) is 0 Å². The highest BCUT2D eigenvalue weighted by Gasteiger charge is 2.00. The minimum Gasteiger partial charge on any atom is -0.465 e. The van der Waals surface area contributed by atoms with Crippen LogP contribution in [0.1, 0.15) is 18.9 Å². The van der Waals surface area contributed by atoms with Crippen molar-refractivity contribution in [1.82, 2.24) is 5.32 Å². The molecule has 112 valence electrons. The number of carbonyl (C=O) groups excluding carboxylic acids is 1. The van der Waals surface area contributed by atoms with E-state index in [0.717, 1.165) is 36.7 Å². The first kappa shape index (κ1) is 17.3. The van der Waals surface area contributed by atoms with E-state index in [9.17, 15) is 4.79 Å². The molecule has 1 aromatic carbocycles. The lowest BCUT2D eigenvalue weighted by Crippen LogP contribution is -2.19. The molecule has 3 nitrogen and oxygen atoms in total. The van der Waals surface area contributed by atoms with E-state index in [2.05, 4.69) is 11.4 Å². The smallest absolute Gasteiger partial charge is 0.315 e. The minimum atomic E-state index is -0.126. The quantitative estimate of drug-likeness (QED) is 0.532. The minimum absolute atomic E-state index is 0.126. The number of thioether (sulfide) groups is 1. The van der Waals surface area contributed by atoms with Crippen molar-refractivity contribution < 1.29 is 9.53 Å². The zero-order valence-corrected chi connectivity index (χ0v) is 13.4. The Balaban J connectivity index is 1.94. The number of hydrogen-bond acceptors (Lipinski definition) is 4. The third-order valence-corrected chi connectivity index (χ3v) is 3.82. The van der Waals surface area contributed by atoms with Crippen LogP contribution in [0.3, 0.4) is 0 Å². The van der Waals surface area contributed by atoms with E-state index < -0.39 is 0 Å². The van der Waals surface area contributed by atoms with Crippen molar-refractivity contribution >= 4 is 29.3 Å². The summed E-state index contributed by atoms with van der Waals surface area (Å²) in [5, 5.41) is 4.17. The molecule has 1 aromatic rings. The Hall–Kier alpha value is -0.710. The van der Waals surface area contributed by atoms with Gasteiger partial charge < -0.3 is 10.1 Å². The van der Waals surface area contributed by atoms with Gasteiger partial charge in [-0.1, -0.05) is 23.7 Å². The highest BCUT2D eigenvalue weighted by atomic mass is 35.5. The summed E-state index contributed by atoms with van der Waals surface area (Å²) in [7, 11) is 0. The Labute approximate surface area is 130 Å². The van der Waals surface area contributed by atoms with Gasteiger partial charge in [-0.3, -0.25) is 4.79 Å². The summed E-state index contributed by atoms with van der Waals surface area (Å²) in [5.41, 5.74) is 1.27. The molecule has 0 atom stereocenters. The molecule has 0 aliphatic rings. The molecule has 5 heteroatoms. The number of esters is 1. The number of aryl methyl sites for hydroxylation is 1. The van der Waals surface area contributed by atoms with E-state index >= 15 is 0 Å². The normalized spacial score (nSPS) is 10.5. The van der Waals surface area contributed by atoms with Crippen molar-refractivity contribution in [1.29, 1.82) is 0 Å². The fourth-order valence-corrected chi connectivity index (χ4v) is 2.63. The molecule has 0 amide bonds. The summed E-state index contributed by atoms with van der Waals surface area (Å²) in [4.78, 5) is 11.1. The van der Waals surface area contributed by atoms with Crippen LogP contribution in [0.15, 0.2) is 24.3 Å². The van der Waals surface area contributed by atoms with Crippen LogP contribution in [0.5, 0.6) is 0 Å². The van der Waals surface area contributed by atoms with Crippen LogP contribution in [0.4, 0.5) is 0 Å². The number of ether oxygens (including phenoxy) is 1. The molecule has 0 spiro atoms. The van der Waals surface area contributed by atoms with E-state index in [-0.39, 0.29) is 5.97 Å². The van der Waals surface area contributed by atoms with E-state index in [1.165, 1.54) is 5.56 Å². The third-order valence-electron chi connectivity index (χ3n) is 2.66. The van der Waals surface area contributed by atoms with Crippen LogP contribution in [0.2, 0.25) is 5.02 Å². The van der Waals surface area contributed by atoms with E-state index in [0.29, 0.717) is 12.4 Å². The van der Waals surface area contributed by atoms with Crippen LogP contribution in [0, 0.1) is 0 Å². The van der Waals surface area contributed by atoms with Gasteiger partial charge in [-0.2, -0.15) is 0 Å². The van der Waals surface area contributed by atoms with Crippen molar-refractivity contribution in [3.8, 4) is 0 Å². The molecular weight excluding hydrogens is 294 g/mol. The number of rotatable bonds is 10. The van der Waals surface area contributed by atoms with Crippen LogP contribution in [-0.4, -0.2) is 37.2 Å². The standard InChI is InChI=1S/C15H22ClNO2S/c1-2-19-15(18)12-20-10-9-17-8-4-6-13-5-3-7-14(16)11-13/h3,5,7,11,17H,2,4,6,8-10,12H2,1H3. The highest BCUT2D eigenvalue weighted by Crippen LogP contribution is 2.11. The number of benzene rings is 1. The van der Waals surface area contributed by atoms with Crippen molar-refractivity contribution in [2.24, 2.45) is 0 Å². The number of hydrogen-bond donors (Lipinski definition) is 1. The second-order valence-corrected chi connectivity index (χ2v) is 5.88. The number of carbonyl (C=O) groups is 1. The monoisotopic (exact) mass is 315 g/mol. The van der Waals surface area contributed by atoms with Crippen molar-refractivity contribution in [3.05, 3.63) is 34.9 Å². The maximum absolute atomic E-state index is 11.1. The van der Waals surface area contributed by atoms with Gasteiger partial charge in [0.1, 0.15) is 0 Å². The lowest BCUT2D eigenvalue weighted by molar-refractivity contribution is -0.139. The molecule has 1 N–H and O–H groups in total. The number of halogens is 1. The Kier molecular flexibility index (Phi) is 9.54. The average molecular weight is 316 g/mol. The largest absolute Gasteiger partial charge is 0.465 e. The Morgan fingerprint density at radius 3 is 3.00 bits per heavy atom. The van der Waals surface area contributed by atoms with Gasteiger partial charge in [0.25, 0.3) is 0 Å². The molecule has 0 fully saturated rings. The second-order valence-electron chi connectivity index (χ2n) is 4.34. The van der Waals surface area contributed by atoms with Crippen LogP contribution < -0.4 is 5.32 Å². The predicted octanol–water partition coefficient (Wildman–Crippen LogP) is 3.16. The second kappa shape index (κ2) is 11.0. The predicted molar refractivity (Wildman–Crippen MR) is 86.6 cm³/mol. The van der Waals surface area contributed by atoms with Gasteiger partial charge in [-0.05, 0) is 44.0 Å². The maximum atomic E-state index is 11.1. The molecular formula is C15H22ClNO2S. The zero-order valence-electron chi connectivity index (χ0n) is 11.9. The summed E-state index contributed by atoms with van der Waals surface area (Å²) in [6, 6.07) is 7.99. The van der Waals surface area contributed by atoms with Gasteiger partial charge in [-0.15, -0.1) is 11.8 Å². The maximum Gasteiger partial charge on any atom is 0.315 e. The first-order chi connectivity index (χ1) is 9.72. The van der Waals surface area contributed by atoms with Gasteiger partial charge >= 0.3 is 5.97 Å². The van der Waals surface area contributed by atoms with Gasteiger partial charge in [0.2, 0.25) is 0 Å². The molecule has 0 aromatic heterocycles. The van der Waals surface area contributed by atoms with E-state index in [1.807, 2.05) is 25.1 Å². The molecule has 0 saturated heterocycles. The molecule has 0 radical (unpaired) electrons. The molecule has 1 rings (SSSR count). The molecule has 0 aliphatic carbocycles. The Bertz CT molecular complexity index is 401. The third kappa shape index (κ3) is 8.46. The first-order valence-electron chi connectivity index (χ1n) is 6.91. The van der Waals surface area contributed by atoms with Crippen molar-refractivity contribution in [3.63, 3.8) is 0 Å². The Morgan fingerprint density at radius 2 is 2.25 bits per heavy atom. The average Bonchev–Trinajstić information content (AvgIpc) is 2.42. The SMILES string of the molecule is CCOC(=O)CSCCNCCCc1cccc(Cl)c1. The fourth-order valence-electron chi connectivity index (χ4n) is 1.74. The van der Waals surface area contributed by atoms with Crippen LogP contribution in [-0.2, 0) is 16.0 Å². The van der Waals surface area contributed by atoms with E-state index in [1.54, 1.807) is 11.8 Å². The van der Waals surface area contributed by atoms with Crippen molar-refractivity contribution in [2.45, 2.75) is 19.8 Å². The highest BCUT2D eigenvalue weighted by molar-refractivity contribution is 7.99. The topological polar surface area (TPSA) is 38.3 Å². The first-order valence-corrected chi connectivity index (χ1v) is 8.44. The Morgan fingerprint density at radius 1 is 1.40 bits per heavy atom. The van der Waals surface area contributed by atoms with Crippen LogP contribution >= 0.6 is 23.4 Å². The van der Waals surface area contributed by atoms with Crippen molar-refractivity contribution in [2.75, 3.05) is 31.2 Å². The molecule has 0 bridgehead atoms. The molecule has 0 unspecified atom stereocenters. The lowest BCUT2D eigenvalue weighted by atomic mass is 10.1. The lowest BCUT2D eigenvalue weighted by Gasteiger charge is -2.05. The number of nitrogens with one attached hydrogen (secondary N) is 1. The molecule has 20 heavy (non-hydrogen) atoms. The summed E-state index contributed by atoms with van der Waals surface area (Å²) in [6.45, 7) is 4.18. The van der Waals surface area contributed by atoms with Gasteiger partial charge in [0, 0.05) is 17.3 Å². The summed E-state index contributed by atoms with van der Waals surface area (Å²) in [6.07, 6.45) is 2.12. The van der Waals surface area contributed by atoms with E-state index in [4.69, 9.17) is 16.3 Å². The zero-order chi connectivity index (χ0) is 14.6. The summed E-state index contributed by atoms with van der Waals surface area (Å²) < 4.78 is 4.85. The fraction of sp³-hybridized carbons (Fsp3) is 0.533. The molecule has 0 aliphatic heterocycles. The van der Waals surface area contributed by atoms with Gasteiger partial charge in [0.15, 0.2) is 0 Å². The van der Waals surface area contributed by atoms with Gasteiger partial charge in [0.05, 0.1) is 12.4 Å². The molecule has 0 heterocycles.